The molecule has 26 nitrogen and oxygen atoms in total. The van der Waals surface area contributed by atoms with Crippen LogP contribution in [0.4, 0.5) is 44.9 Å². The third-order valence-corrected chi connectivity index (χ3v) is 16.6. The maximum atomic E-state index is 12.5. The van der Waals surface area contributed by atoms with Crippen LogP contribution in [0.25, 0.3) is 67.7 Å². The Morgan fingerprint density at radius 1 is 0.435 bits per heavy atom. The summed E-state index contributed by atoms with van der Waals surface area (Å²) in [6, 6.07) is 61.9. The number of anilines is 7. The predicted molar refractivity (Wildman–Crippen MR) is 457 cm³/mol. The van der Waals surface area contributed by atoms with Crippen molar-refractivity contribution < 1.29 is 38.2 Å². The number of ether oxygens (including phenoxy) is 2. The molecule has 0 aliphatic heterocycles. The van der Waals surface area contributed by atoms with Gasteiger partial charge in [-0.2, -0.15) is 9.59 Å². The van der Waals surface area contributed by atoms with Gasteiger partial charge in [0.15, 0.2) is 22.7 Å². The number of halogens is 7. The lowest BCUT2D eigenvalue weighted by Gasteiger charge is -2.19. The minimum absolute atomic E-state index is 0.0230. The maximum Gasteiger partial charge on any atom is 0.412 e. The van der Waals surface area contributed by atoms with Gasteiger partial charge in [0.1, 0.15) is 66.1 Å². The lowest BCUT2D eigenvalue weighted by atomic mass is 10.0. The maximum absolute atomic E-state index is 12.5. The summed E-state index contributed by atoms with van der Waals surface area (Å²) >= 11 is 40.9. The van der Waals surface area contributed by atoms with E-state index in [1.807, 2.05) is 161 Å². The van der Waals surface area contributed by atoms with Crippen LogP contribution < -0.4 is 38.9 Å². The van der Waals surface area contributed by atoms with Crippen LogP contribution in [-0.4, -0.2) is 95.9 Å². The minimum atomic E-state index is -0.601. The van der Waals surface area contributed by atoms with E-state index < -0.39 is 17.3 Å². The van der Waals surface area contributed by atoms with Crippen molar-refractivity contribution in [3.8, 4) is 34.2 Å². The number of aromatic amines is 3. The zero-order valence-corrected chi connectivity index (χ0v) is 68.0. The molecule has 0 aliphatic carbocycles. The number of benzene rings is 6. The van der Waals surface area contributed by atoms with Crippen LogP contribution in [0.2, 0.25) is 35.8 Å². The third-order valence-electron chi connectivity index (χ3n) is 15.1. The molecule has 0 aliphatic rings. The lowest BCUT2D eigenvalue weighted by molar-refractivity contribution is -0.191. The fourth-order valence-electron chi connectivity index (χ4n) is 10.1. The van der Waals surface area contributed by atoms with Gasteiger partial charge < -0.3 is 58.0 Å². The number of hydrogen-bond acceptors (Lipinski definition) is 21. The molecule has 6 aromatic carbocycles. The first-order valence-electron chi connectivity index (χ1n) is 34.8. The van der Waals surface area contributed by atoms with Crippen LogP contribution in [0, 0.1) is 0 Å². The van der Waals surface area contributed by atoms with Crippen LogP contribution in [0.15, 0.2) is 206 Å². The zero-order valence-electron chi connectivity index (χ0n) is 62.8. The molecule has 0 fully saturated rings. The summed E-state index contributed by atoms with van der Waals surface area (Å²) < 4.78 is 10.4. The molecule has 0 saturated carbocycles. The van der Waals surface area contributed by atoms with Crippen LogP contribution in [0.3, 0.4) is 0 Å². The molecular weight excluding hydrogens is 1610 g/mol. The van der Waals surface area contributed by atoms with Gasteiger partial charge in [0, 0.05) is 80.0 Å². The molecule has 0 saturated heterocycles. The number of aromatic nitrogens is 11. The van der Waals surface area contributed by atoms with E-state index >= 15 is 0 Å². The number of rotatable bonds is 14. The number of Topliss-reactive ketones (excluding diaryl/α,β-unsaturated/α-hetero) is 1. The number of nitrogens with zero attached hydrogens (tertiary/aromatic N) is 8. The molecule has 0 atom stereocenters. The molecule has 8 aromatic heterocycles. The van der Waals surface area contributed by atoms with Crippen LogP contribution >= 0.6 is 81.2 Å². The van der Waals surface area contributed by atoms with Gasteiger partial charge in [0.05, 0.1) is 28.7 Å². The molecule has 14 rings (SSSR count). The predicted octanol–water partition coefficient (Wildman–Crippen LogP) is 19.7. The number of nitrogens with two attached hydrogens (primary N) is 4. The fraction of sp³-hybridized carbons (Fsp3) is 0.159. The second kappa shape index (κ2) is 42.0. The van der Waals surface area contributed by atoms with Gasteiger partial charge in [-0.1, -0.05) is 173 Å². The first kappa shape index (κ1) is 88.3. The highest BCUT2D eigenvalue weighted by Gasteiger charge is 2.20. The lowest BCUT2D eigenvalue weighted by Crippen LogP contribution is -2.27. The van der Waals surface area contributed by atoms with Gasteiger partial charge in [0.25, 0.3) is 0 Å². The summed E-state index contributed by atoms with van der Waals surface area (Å²) in [7, 11) is 0. The van der Waals surface area contributed by atoms with Crippen molar-refractivity contribution in [3.63, 3.8) is 0 Å². The highest BCUT2D eigenvalue weighted by atomic mass is 35.5. The zero-order chi connectivity index (χ0) is 83.5. The summed E-state index contributed by atoms with van der Waals surface area (Å²) in [6.07, 6.45) is 0.546. The van der Waals surface area contributed by atoms with Gasteiger partial charge in [-0.3, -0.25) is 19.7 Å². The SMILES string of the molecule is CC(C)(C)OC(=O)Cc1ccccc1.CC(C)(C)OC(=O)Nc1cccc(C(=O)Cc2ccc(Cl)nc2N)c1.CCC(=O)Nc1cccc(-c2nc3nc(Cl)ccc3[nH]2)c1.Clc1cc(Cl)cc(CNc2cccc(-c3nc4nc(Cl)ccc4[nH]3)c2)c1.Nc1ccc(Cl)nc1N.Nc1cccc(-c2nc3nc(Cl)ccc3[nH]2)c1.O=C=O. The van der Waals surface area contributed by atoms with Crippen LogP contribution in [-0.2, 0) is 48.0 Å². The number of hydrogen-bond donors (Lipinski definition) is 10. The van der Waals surface area contributed by atoms with Crippen molar-refractivity contribution in [1.82, 2.24) is 54.8 Å². The van der Waals surface area contributed by atoms with Crippen molar-refractivity contribution >= 4 is 185 Å². The van der Waals surface area contributed by atoms with Gasteiger partial charge >= 0.3 is 18.2 Å². The second-order valence-electron chi connectivity index (χ2n) is 26.5. The molecule has 14 aromatic rings. The number of carbonyl (C=O) groups excluding carboxylic acids is 6. The van der Waals surface area contributed by atoms with E-state index in [2.05, 4.69) is 70.8 Å². The molecule has 0 radical (unpaired) electrons. The Morgan fingerprint density at radius 3 is 1.36 bits per heavy atom. The van der Waals surface area contributed by atoms with E-state index in [-0.39, 0.29) is 47.0 Å². The van der Waals surface area contributed by atoms with Gasteiger partial charge in [-0.25, -0.2) is 44.7 Å². The van der Waals surface area contributed by atoms with E-state index in [1.54, 1.807) is 93.6 Å². The second-order valence-corrected chi connectivity index (χ2v) is 29.3. The minimum Gasteiger partial charge on any atom is -0.460 e. The van der Waals surface area contributed by atoms with E-state index in [4.69, 9.17) is 123 Å². The highest BCUT2D eigenvalue weighted by Crippen LogP contribution is 2.29. The number of carbonyl (C=O) groups is 4. The Labute approximate surface area is 695 Å². The molecule has 115 heavy (non-hydrogen) atoms. The number of nitrogen functional groups attached to an aromatic ring is 4. The Morgan fingerprint density at radius 2 is 0.878 bits per heavy atom. The van der Waals surface area contributed by atoms with Crippen LogP contribution in [0.1, 0.15) is 81.9 Å². The Kier molecular flexibility index (Phi) is 32.3. The van der Waals surface area contributed by atoms with Crippen molar-refractivity contribution in [2.45, 2.75) is 85.5 Å². The summed E-state index contributed by atoms with van der Waals surface area (Å²) in [4.78, 5) is 106. The Bertz CT molecular complexity index is 5710. The number of esters is 1. The standard InChI is InChI=1S/C19H13Cl3N4.C18H20ClN3O3.C15H13ClN4O.C12H9ClN4.C12H16O2.C5H6ClN3.CO2/c20-13-6-11(7-14(21)9-13)10-23-15-3-1-2-12(8-15)18-24-16-4-5-17(22)25-19(16)26-18;1-18(2,3)25-17(24)21-13-6-4-5-11(9-13)14(23)10-12-7-8-15(19)22-16(12)20;1-2-13(21)17-10-5-3-4-9(8-10)14-18-11-6-7-12(16)19-15(11)20-14;13-10-5-4-9-12(16-10)17-11(15-9)7-2-1-3-8(14)6-7;1-12(2,3)14-11(13)9-10-7-5-4-6-8-10;6-4-2-1-3(7)5(8)9-4;2-1-3/h1-9,23H,10H2,(H,24,25,26);4-9H,10H2,1-3H3,(H2,20,22)(H,21,24);3-8H,2H2,1H3,(H,17,21)(H,18,19,20);1-6H,14H2,(H,15,16,17);4-8H,9H2,1-3H3;1-2H,7H2,(H2,8,9);. The first-order valence-corrected chi connectivity index (χ1v) is 37.4. The van der Waals surface area contributed by atoms with E-state index in [0.29, 0.717) is 101 Å². The molecule has 33 heteroatoms. The van der Waals surface area contributed by atoms with Crippen molar-refractivity contribution in [2.24, 2.45) is 0 Å². The first-order chi connectivity index (χ1) is 54.7. The normalized spacial score (nSPS) is 10.6. The van der Waals surface area contributed by atoms with E-state index in [9.17, 15) is 19.2 Å². The molecule has 2 amide bonds. The molecule has 14 N–H and O–H groups in total. The molecule has 0 spiro atoms. The highest BCUT2D eigenvalue weighted by molar-refractivity contribution is 6.35. The molecule has 0 bridgehead atoms. The molecule has 8 heterocycles. The summed E-state index contributed by atoms with van der Waals surface area (Å²) in [6.45, 7) is 13.4. The third kappa shape index (κ3) is 29.4. The number of amides is 2. The summed E-state index contributed by atoms with van der Waals surface area (Å²) in [5.41, 5.74) is 34.6. The number of imidazole rings is 3. The smallest absolute Gasteiger partial charge is 0.412 e. The van der Waals surface area contributed by atoms with Crippen molar-refractivity contribution in [1.29, 1.82) is 0 Å². The monoisotopic (exact) mass is 1690 g/mol. The van der Waals surface area contributed by atoms with Gasteiger partial charge in [-0.15, -0.1) is 0 Å². The molecular formula is C82H77Cl7N18O8. The van der Waals surface area contributed by atoms with Gasteiger partial charge in [-0.05, 0) is 174 Å². The largest absolute Gasteiger partial charge is 0.460 e. The number of nitrogens with one attached hydrogen (secondary N) is 6. The number of ketones is 1. The number of fused-ring (bicyclic) bond motifs is 3. The quantitative estimate of drug-likeness (QED) is 0.0209. The molecule has 592 valence electrons. The van der Waals surface area contributed by atoms with E-state index in [0.717, 1.165) is 67.4 Å². The van der Waals surface area contributed by atoms with Gasteiger partial charge in [0.2, 0.25) is 5.91 Å². The number of pyridine rings is 5. The van der Waals surface area contributed by atoms with Crippen LogP contribution in [0.5, 0.6) is 0 Å². The summed E-state index contributed by atoms with van der Waals surface area (Å²) in [5, 5.41) is 12.0. The molecule has 0 unspecified atom stereocenters. The van der Waals surface area contributed by atoms with E-state index in [1.165, 1.54) is 0 Å². The average molecular weight is 1690 g/mol. The topological polar surface area (TPSA) is 412 Å². The van der Waals surface area contributed by atoms with Crippen molar-refractivity contribution in [2.75, 3.05) is 38.9 Å². The fourth-order valence-corrected chi connectivity index (χ4v) is 11.4. The number of H-pyrrole nitrogens is 3. The Hall–Kier alpha value is -12.2. The summed E-state index contributed by atoms with van der Waals surface area (Å²) in [5.74, 6) is 2.32. The Balaban J connectivity index is 0.000000175. The van der Waals surface area contributed by atoms with Crippen molar-refractivity contribution in [3.05, 3.63) is 264 Å². The average Bonchev–Trinajstić information content (AvgIpc) is 1.68.